The average Bonchev–Trinajstić information content (AvgIpc) is 2.16. The van der Waals surface area contributed by atoms with E-state index in [1.807, 2.05) is 0 Å². The molecule has 6 aliphatic rings. The molecule has 0 bridgehead atoms. The molecule has 0 saturated heterocycles. The molecule has 0 aromatic rings. The van der Waals surface area contributed by atoms with E-state index in [4.69, 9.17) is 13.1 Å². The SMILES string of the molecule is [C-]#[N+]C12C3C4C5C3C1C5([N+]#[C-])C42. The Kier molecular flexibility index (Phi) is 0.341. The lowest BCUT2D eigenvalue weighted by Gasteiger charge is -2.99. The van der Waals surface area contributed by atoms with Gasteiger partial charge in [0, 0.05) is 11.8 Å². The van der Waals surface area contributed by atoms with Gasteiger partial charge in [-0.1, -0.05) is 0 Å². The molecule has 0 radical (unpaired) electrons. The van der Waals surface area contributed by atoms with E-state index in [2.05, 4.69) is 9.69 Å². The molecule has 2 nitrogen and oxygen atoms in total. The van der Waals surface area contributed by atoms with Crippen LogP contribution in [0.5, 0.6) is 0 Å². The summed E-state index contributed by atoms with van der Waals surface area (Å²) in [6.45, 7) is 14.4. The summed E-state index contributed by atoms with van der Waals surface area (Å²) >= 11 is 0. The quantitative estimate of drug-likeness (QED) is 0.461. The molecule has 0 spiro atoms. The van der Waals surface area contributed by atoms with Crippen LogP contribution in [0.3, 0.4) is 0 Å². The number of hydrogen-bond donors (Lipinski definition) is 0. The molecule has 6 saturated carbocycles. The van der Waals surface area contributed by atoms with Crippen LogP contribution < -0.4 is 0 Å². The molecule has 0 atom stereocenters. The minimum absolute atomic E-state index is 0.0502. The zero-order valence-corrected chi connectivity index (χ0v) is 6.36. The van der Waals surface area contributed by atoms with E-state index in [1.165, 1.54) is 0 Å². The third-order valence-electron chi connectivity index (χ3n) is 5.88. The predicted octanol–water partition coefficient (Wildman–Crippen LogP) is 1.07. The molecule has 56 valence electrons. The lowest BCUT2D eigenvalue weighted by molar-refractivity contribution is -0.556. The minimum Gasteiger partial charge on any atom is -0.309 e. The smallest absolute Gasteiger partial charge is 0.257 e. The van der Waals surface area contributed by atoms with E-state index in [0.717, 1.165) is 23.7 Å². The van der Waals surface area contributed by atoms with Gasteiger partial charge in [0.2, 0.25) is 0 Å². The van der Waals surface area contributed by atoms with Crippen LogP contribution in [0, 0.1) is 48.7 Å². The van der Waals surface area contributed by atoms with E-state index in [9.17, 15) is 0 Å². The van der Waals surface area contributed by atoms with Gasteiger partial charge in [-0.05, 0) is 11.8 Å². The molecule has 0 aliphatic heterocycles. The van der Waals surface area contributed by atoms with E-state index < -0.39 is 0 Å². The fraction of sp³-hybridized carbons (Fsp3) is 0.800. The van der Waals surface area contributed by atoms with Gasteiger partial charge in [0.25, 0.3) is 11.1 Å². The van der Waals surface area contributed by atoms with E-state index in [-0.39, 0.29) is 11.1 Å². The van der Waals surface area contributed by atoms with Gasteiger partial charge in [0.15, 0.2) is 0 Å². The molecule has 0 amide bonds. The Morgan fingerprint density at radius 2 is 1.25 bits per heavy atom. The van der Waals surface area contributed by atoms with Crippen molar-refractivity contribution in [2.75, 3.05) is 0 Å². The molecule has 0 aromatic heterocycles. The van der Waals surface area contributed by atoms with Gasteiger partial charge in [-0.3, -0.25) is 0 Å². The maximum Gasteiger partial charge on any atom is 0.257 e. The summed E-state index contributed by atoms with van der Waals surface area (Å²) in [6.07, 6.45) is 0. The third-order valence-corrected chi connectivity index (χ3v) is 5.88. The van der Waals surface area contributed by atoms with Crippen molar-refractivity contribution in [3.05, 3.63) is 22.8 Å². The first-order chi connectivity index (χ1) is 5.85. The number of rotatable bonds is 0. The van der Waals surface area contributed by atoms with Crippen molar-refractivity contribution in [3.8, 4) is 0 Å². The number of hydrogen-bond acceptors (Lipinski definition) is 0. The summed E-state index contributed by atoms with van der Waals surface area (Å²) in [7, 11) is 0. The highest BCUT2D eigenvalue weighted by molar-refractivity contribution is 5.67. The molecule has 0 aromatic carbocycles. The van der Waals surface area contributed by atoms with Crippen molar-refractivity contribution in [2.45, 2.75) is 11.1 Å². The Labute approximate surface area is 70.2 Å². The minimum atomic E-state index is 0.0502. The molecule has 2 heteroatoms. The summed E-state index contributed by atoms with van der Waals surface area (Å²) in [5.41, 5.74) is 0.100. The van der Waals surface area contributed by atoms with Crippen molar-refractivity contribution in [1.82, 2.24) is 0 Å². The van der Waals surface area contributed by atoms with Crippen LogP contribution in [-0.2, 0) is 0 Å². The maximum absolute atomic E-state index is 7.20. The second kappa shape index (κ2) is 0.839. The Bertz CT molecular complexity index is 380. The molecular weight excluding hydrogens is 148 g/mol. The van der Waals surface area contributed by atoms with Gasteiger partial charge in [0.05, 0.1) is 0 Å². The van der Waals surface area contributed by atoms with Gasteiger partial charge in [0.1, 0.15) is 11.8 Å². The van der Waals surface area contributed by atoms with Gasteiger partial charge >= 0.3 is 0 Å². The van der Waals surface area contributed by atoms with E-state index in [1.54, 1.807) is 0 Å². The Balaban J connectivity index is 1.82. The van der Waals surface area contributed by atoms with Gasteiger partial charge < -0.3 is 9.69 Å². The van der Waals surface area contributed by atoms with Crippen LogP contribution in [0.15, 0.2) is 0 Å². The maximum atomic E-state index is 7.20. The Hall–Kier alpha value is -1.02. The molecular formula is C10H6N2. The molecule has 0 unspecified atom stereocenters. The average molecular weight is 154 g/mol. The summed E-state index contributed by atoms with van der Waals surface area (Å²) in [5.74, 6) is 4.35. The molecule has 12 heavy (non-hydrogen) atoms. The second-order valence-corrected chi connectivity index (χ2v) is 5.16. The summed E-state index contributed by atoms with van der Waals surface area (Å²) in [4.78, 5) is 7.64. The standard InChI is InChI=1S/C10H6N2/c1-11-9-5-3-6-4(5)8(9)10(6,12-2)7(3)9/h3-8H. The highest BCUT2D eigenvalue weighted by atomic mass is 15.3. The van der Waals surface area contributed by atoms with Crippen LogP contribution in [0.4, 0.5) is 0 Å². The summed E-state index contributed by atoms with van der Waals surface area (Å²) < 4.78 is 0. The molecule has 6 fully saturated rings. The fourth-order valence-electron chi connectivity index (χ4n) is 5.92. The van der Waals surface area contributed by atoms with Gasteiger partial charge in [-0.15, -0.1) is 0 Å². The van der Waals surface area contributed by atoms with E-state index in [0.29, 0.717) is 11.8 Å². The van der Waals surface area contributed by atoms with Crippen molar-refractivity contribution < 1.29 is 0 Å². The summed E-state index contributed by atoms with van der Waals surface area (Å²) in [6, 6.07) is 0. The first-order valence-corrected chi connectivity index (χ1v) is 4.63. The van der Waals surface area contributed by atoms with Crippen molar-refractivity contribution in [1.29, 1.82) is 0 Å². The van der Waals surface area contributed by atoms with Crippen LogP contribution in [0.1, 0.15) is 0 Å². The van der Waals surface area contributed by atoms with Crippen LogP contribution in [0.2, 0.25) is 0 Å². The third kappa shape index (κ3) is 0.135. The molecule has 6 aliphatic carbocycles. The molecule has 0 heterocycles. The van der Waals surface area contributed by atoms with Crippen LogP contribution in [-0.4, -0.2) is 11.1 Å². The lowest BCUT2D eigenvalue weighted by Crippen LogP contribution is -3.14. The highest BCUT2D eigenvalue weighted by Gasteiger charge is 3.20. The van der Waals surface area contributed by atoms with Gasteiger partial charge in [-0.2, -0.15) is 0 Å². The largest absolute Gasteiger partial charge is 0.309 e. The predicted molar refractivity (Wildman–Crippen MR) is 39.6 cm³/mol. The second-order valence-electron chi connectivity index (χ2n) is 5.16. The monoisotopic (exact) mass is 154 g/mol. The van der Waals surface area contributed by atoms with Crippen molar-refractivity contribution in [2.24, 2.45) is 35.5 Å². The first kappa shape index (κ1) is 4.87. The van der Waals surface area contributed by atoms with Gasteiger partial charge in [-0.25, -0.2) is 13.1 Å². The van der Waals surface area contributed by atoms with Crippen LogP contribution in [0.25, 0.3) is 9.69 Å². The number of nitrogens with zero attached hydrogens (tertiary/aromatic N) is 2. The molecule has 0 N–H and O–H groups in total. The topological polar surface area (TPSA) is 8.72 Å². The van der Waals surface area contributed by atoms with Crippen LogP contribution >= 0.6 is 0 Å². The Morgan fingerprint density at radius 3 is 1.58 bits per heavy atom. The lowest BCUT2D eigenvalue weighted by atomic mass is 8.96. The Morgan fingerprint density at radius 1 is 0.833 bits per heavy atom. The molecule has 6 rings (SSSR count). The first-order valence-electron chi connectivity index (χ1n) is 4.63. The summed E-state index contributed by atoms with van der Waals surface area (Å²) in [5, 5.41) is 0. The van der Waals surface area contributed by atoms with Crippen molar-refractivity contribution >= 4 is 0 Å². The van der Waals surface area contributed by atoms with E-state index >= 15 is 0 Å². The normalized spacial score (nSPS) is 86.8. The van der Waals surface area contributed by atoms with Crippen molar-refractivity contribution in [3.63, 3.8) is 0 Å². The fourth-order valence-corrected chi connectivity index (χ4v) is 5.92. The highest BCUT2D eigenvalue weighted by Crippen LogP contribution is 3.05. The zero-order chi connectivity index (χ0) is 7.88. The zero-order valence-electron chi connectivity index (χ0n) is 6.36.